The Morgan fingerprint density at radius 2 is 1.73 bits per heavy atom. The van der Waals surface area contributed by atoms with Gasteiger partial charge in [0.2, 0.25) is 0 Å². The number of para-hydroxylation sites is 1. The van der Waals surface area contributed by atoms with Crippen molar-refractivity contribution < 1.29 is 14.3 Å². The number of hydrogen-bond donors (Lipinski definition) is 1. The van der Waals surface area contributed by atoms with E-state index < -0.39 is 5.97 Å². The Hall–Kier alpha value is -2.27. The normalized spacial score (nSPS) is 11.9. The van der Waals surface area contributed by atoms with Crippen LogP contribution in [0.3, 0.4) is 0 Å². The van der Waals surface area contributed by atoms with Gasteiger partial charge in [0.05, 0.1) is 0 Å². The first-order valence-corrected chi connectivity index (χ1v) is 9.54. The molecule has 0 spiro atoms. The van der Waals surface area contributed by atoms with Crippen molar-refractivity contribution >= 4 is 29.3 Å². The summed E-state index contributed by atoms with van der Waals surface area (Å²) in [5, 5.41) is 2.50. The Balaban J connectivity index is 1.90. The molecule has 0 aromatic heterocycles. The van der Waals surface area contributed by atoms with Gasteiger partial charge in [-0.3, -0.25) is 9.59 Å². The fourth-order valence-corrected chi connectivity index (χ4v) is 3.41. The first-order chi connectivity index (χ1) is 12.4. The van der Waals surface area contributed by atoms with Crippen LogP contribution in [0.15, 0.2) is 53.4 Å². The molecule has 1 atom stereocenters. The van der Waals surface area contributed by atoms with Gasteiger partial charge in [0.15, 0.2) is 6.61 Å². The van der Waals surface area contributed by atoms with E-state index in [4.69, 9.17) is 4.74 Å². The average molecular weight is 372 g/mol. The number of rotatable bonds is 7. The van der Waals surface area contributed by atoms with Gasteiger partial charge < -0.3 is 10.1 Å². The van der Waals surface area contributed by atoms with Crippen LogP contribution < -0.4 is 5.32 Å². The van der Waals surface area contributed by atoms with Crippen LogP contribution in [-0.4, -0.2) is 23.7 Å². The summed E-state index contributed by atoms with van der Waals surface area (Å²) in [5.74, 6) is -0.440. The second-order valence-corrected chi connectivity index (χ2v) is 7.84. The van der Waals surface area contributed by atoms with E-state index in [1.807, 2.05) is 55.5 Å². The quantitative estimate of drug-likeness (QED) is 0.562. The molecule has 2 aromatic rings. The lowest BCUT2D eigenvalue weighted by atomic mass is 9.98. The van der Waals surface area contributed by atoms with E-state index in [1.165, 1.54) is 11.8 Å². The monoisotopic (exact) mass is 371 g/mol. The minimum atomic E-state index is -0.400. The lowest BCUT2D eigenvalue weighted by Gasteiger charge is -2.17. The van der Waals surface area contributed by atoms with Crippen LogP contribution in [0.1, 0.15) is 37.8 Å². The van der Waals surface area contributed by atoms with Crippen molar-refractivity contribution in [2.75, 3.05) is 11.9 Å². The molecular formula is C21H25NO3S. The number of carbonyl (C=O) groups excluding carboxylic acids is 2. The summed E-state index contributed by atoms with van der Waals surface area (Å²) >= 11 is 1.41. The lowest BCUT2D eigenvalue weighted by Crippen LogP contribution is -2.25. The number of amides is 1. The summed E-state index contributed by atoms with van der Waals surface area (Å²) in [6.07, 6.45) is 0. The first-order valence-electron chi connectivity index (χ1n) is 8.66. The van der Waals surface area contributed by atoms with E-state index >= 15 is 0 Å². The molecular weight excluding hydrogens is 346 g/mol. The van der Waals surface area contributed by atoms with Crippen LogP contribution in [0, 0.1) is 6.92 Å². The van der Waals surface area contributed by atoms with E-state index in [0.717, 1.165) is 21.7 Å². The lowest BCUT2D eigenvalue weighted by molar-refractivity contribution is -0.146. The Morgan fingerprint density at radius 1 is 1.04 bits per heavy atom. The zero-order chi connectivity index (χ0) is 19.1. The van der Waals surface area contributed by atoms with Crippen molar-refractivity contribution in [3.05, 3.63) is 59.7 Å². The van der Waals surface area contributed by atoms with Crippen LogP contribution in [0.5, 0.6) is 0 Å². The third kappa shape index (κ3) is 5.63. The van der Waals surface area contributed by atoms with Gasteiger partial charge in [-0.05, 0) is 43.0 Å². The number of hydrogen-bond acceptors (Lipinski definition) is 4. The summed E-state index contributed by atoms with van der Waals surface area (Å²) in [5.41, 5.74) is 2.86. The van der Waals surface area contributed by atoms with Crippen LogP contribution in [-0.2, 0) is 14.3 Å². The summed E-state index contributed by atoms with van der Waals surface area (Å²) < 4.78 is 5.18. The highest BCUT2D eigenvalue weighted by Crippen LogP contribution is 2.27. The smallest absolute Gasteiger partial charge is 0.319 e. The fraction of sp³-hybridized carbons (Fsp3) is 0.333. The Morgan fingerprint density at radius 3 is 2.38 bits per heavy atom. The van der Waals surface area contributed by atoms with Gasteiger partial charge in [-0.1, -0.05) is 50.2 Å². The number of aryl methyl sites for hydroxylation is 1. The summed E-state index contributed by atoms with van der Waals surface area (Å²) in [6.45, 7) is 7.59. The van der Waals surface area contributed by atoms with Crippen molar-refractivity contribution in [1.29, 1.82) is 0 Å². The summed E-state index contributed by atoms with van der Waals surface area (Å²) in [7, 11) is 0. The summed E-state index contributed by atoms with van der Waals surface area (Å²) in [4.78, 5) is 25.3. The minimum absolute atomic E-state index is 0.287. The molecule has 0 bridgehead atoms. The highest BCUT2D eigenvalue weighted by atomic mass is 32.2. The van der Waals surface area contributed by atoms with Crippen LogP contribution in [0.4, 0.5) is 5.69 Å². The van der Waals surface area contributed by atoms with Gasteiger partial charge in [0, 0.05) is 10.6 Å². The fourth-order valence-electron chi connectivity index (χ4n) is 2.52. The second kappa shape index (κ2) is 9.43. The van der Waals surface area contributed by atoms with Crippen molar-refractivity contribution in [3.8, 4) is 0 Å². The molecule has 4 nitrogen and oxygen atoms in total. The molecule has 0 aliphatic carbocycles. The molecule has 0 unspecified atom stereocenters. The maximum atomic E-state index is 12.2. The molecule has 138 valence electrons. The van der Waals surface area contributed by atoms with Crippen LogP contribution >= 0.6 is 11.8 Å². The number of ether oxygens (including phenoxy) is 1. The number of benzene rings is 2. The molecule has 0 aliphatic rings. The Kier molecular flexibility index (Phi) is 7.27. The molecule has 0 fully saturated rings. The number of anilines is 1. The molecule has 26 heavy (non-hydrogen) atoms. The van der Waals surface area contributed by atoms with E-state index in [9.17, 15) is 9.59 Å². The maximum Gasteiger partial charge on any atom is 0.319 e. The van der Waals surface area contributed by atoms with Crippen molar-refractivity contribution in [3.63, 3.8) is 0 Å². The highest BCUT2D eigenvalue weighted by molar-refractivity contribution is 8.00. The van der Waals surface area contributed by atoms with Crippen LogP contribution in [0.2, 0.25) is 0 Å². The van der Waals surface area contributed by atoms with Gasteiger partial charge in [-0.2, -0.15) is 0 Å². The minimum Gasteiger partial charge on any atom is -0.455 e. The van der Waals surface area contributed by atoms with E-state index in [1.54, 1.807) is 6.92 Å². The molecule has 0 saturated carbocycles. The first kappa shape index (κ1) is 20.0. The zero-order valence-corrected chi connectivity index (χ0v) is 16.4. The molecule has 2 aromatic carbocycles. The van der Waals surface area contributed by atoms with E-state index in [0.29, 0.717) is 0 Å². The predicted octanol–water partition coefficient (Wildman–Crippen LogP) is 4.78. The third-order valence-corrected chi connectivity index (χ3v) is 5.02. The van der Waals surface area contributed by atoms with Crippen molar-refractivity contribution in [2.24, 2.45) is 0 Å². The molecule has 1 amide bonds. The Labute approximate surface area is 159 Å². The summed E-state index contributed by atoms with van der Waals surface area (Å²) in [6, 6.07) is 15.6. The van der Waals surface area contributed by atoms with Gasteiger partial charge >= 0.3 is 5.97 Å². The molecule has 1 N–H and O–H groups in total. The van der Waals surface area contributed by atoms with E-state index in [2.05, 4.69) is 19.2 Å². The maximum absolute atomic E-state index is 12.2. The van der Waals surface area contributed by atoms with Crippen molar-refractivity contribution in [2.45, 2.75) is 43.8 Å². The van der Waals surface area contributed by atoms with E-state index in [-0.39, 0.29) is 23.7 Å². The van der Waals surface area contributed by atoms with Crippen LogP contribution in [0.25, 0.3) is 0 Å². The Bertz CT molecular complexity index is 759. The van der Waals surface area contributed by atoms with Gasteiger partial charge in [0.1, 0.15) is 5.25 Å². The zero-order valence-electron chi connectivity index (χ0n) is 15.6. The molecule has 2 rings (SSSR count). The second-order valence-electron chi connectivity index (χ2n) is 6.42. The molecule has 5 heteroatoms. The predicted molar refractivity (Wildman–Crippen MR) is 107 cm³/mol. The topological polar surface area (TPSA) is 55.4 Å². The standard InChI is InChI=1S/C21H25NO3S/c1-14(2)18-12-8-9-15(3)20(18)22-19(23)13-25-21(24)16(4)26-17-10-6-5-7-11-17/h5-12,14,16H,13H2,1-4H3,(H,22,23)/t16-/m1/s1. The number of thioether (sulfide) groups is 1. The molecule has 0 heterocycles. The number of esters is 1. The highest BCUT2D eigenvalue weighted by Gasteiger charge is 2.18. The molecule has 0 radical (unpaired) electrons. The molecule has 0 saturated heterocycles. The van der Waals surface area contributed by atoms with Gasteiger partial charge in [0.25, 0.3) is 5.91 Å². The number of carbonyl (C=O) groups is 2. The average Bonchev–Trinajstić information content (AvgIpc) is 2.62. The third-order valence-electron chi connectivity index (χ3n) is 3.92. The van der Waals surface area contributed by atoms with Crippen molar-refractivity contribution in [1.82, 2.24) is 0 Å². The molecule has 0 aliphatic heterocycles. The van der Waals surface area contributed by atoms with Gasteiger partial charge in [-0.15, -0.1) is 11.8 Å². The SMILES string of the molecule is Cc1cccc(C(C)C)c1NC(=O)COC(=O)[C@@H](C)Sc1ccccc1. The largest absolute Gasteiger partial charge is 0.455 e. The number of nitrogens with one attached hydrogen (secondary N) is 1. The van der Waals surface area contributed by atoms with Gasteiger partial charge in [-0.25, -0.2) is 0 Å².